The second-order valence-corrected chi connectivity index (χ2v) is 7.06. The molecule has 1 aliphatic carbocycles. The lowest BCUT2D eigenvalue weighted by atomic mass is 10.3. The smallest absolute Gasteiger partial charge is 0.230 e. The summed E-state index contributed by atoms with van der Waals surface area (Å²) in [5, 5.41) is 12.4. The zero-order chi connectivity index (χ0) is 16.9. The number of aromatic nitrogens is 3. The van der Waals surface area contributed by atoms with Gasteiger partial charge in [0.2, 0.25) is 5.91 Å². The van der Waals surface area contributed by atoms with Crippen LogP contribution in [-0.4, -0.2) is 33.0 Å². The molecule has 1 N–H and O–H groups in total. The fourth-order valence-electron chi connectivity index (χ4n) is 2.06. The number of hydrogen-bond acceptors (Lipinski definition) is 5. The summed E-state index contributed by atoms with van der Waals surface area (Å²) in [4.78, 5) is 11.8. The quantitative estimate of drug-likeness (QED) is 0.727. The standard InChI is InChI=1S/C16H19ClN4O2S/c1-21-14(9-23-13-5-3-2-4-12(13)17)19-20-16(21)24-10-15(22)18-8-11-6-7-11/h2-5,11H,6-10H2,1H3,(H,18,22). The van der Waals surface area contributed by atoms with E-state index in [0.717, 1.165) is 6.54 Å². The molecule has 6 nitrogen and oxygen atoms in total. The van der Waals surface area contributed by atoms with E-state index in [-0.39, 0.29) is 12.5 Å². The molecule has 8 heteroatoms. The van der Waals surface area contributed by atoms with Crippen LogP contribution < -0.4 is 10.1 Å². The molecule has 1 amide bonds. The summed E-state index contributed by atoms with van der Waals surface area (Å²) < 4.78 is 7.50. The molecule has 1 aliphatic rings. The highest BCUT2D eigenvalue weighted by Gasteiger charge is 2.21. The van der Waals surface area contributed by atoms with E-state index in [4.69, 9.17) is 16.3 Å². The van der Waals surface area contributed by atoms with Crippen LogP contribution in [0.15, 0.2) is 29.4 Å². The van der Waals surface area contributed by atoms with Crippen LogP contribution in [0.3, 0.4) is 0 Å². The van der Waals surface area contributed by atoms with Crippen LogP contribution in [0.1, 0.15) is 18.7 Å². The Bertz CT molecular complexity index is 718. The Morgan fingerprint density at radius 1 is 1.42 bits per heavy atom. The van der Waals surface area contributed by atoms with Gasteiger partial charge in [0.15, 0.2) is 11.0 Å². The predicted octanol–water partition coefficient (Wildman–Crippen LogP) is 2.67. The molecule has 24 heavy (non-hydrogen) atoms. The van der Waals surface area contributed by atoms with Crippen molar-refractivity contribution in [3.63, 3.8) is 0 Å². The number of para-hydroxylation sites is 1. The molecule has 0 spiro atoms. The van der Waals surface area contributed by atoms with Crippen molar-refractivity contribution in [2.45, 2.75) is 24.6 Å². The van der Waals surface area contributed by atoms with Gasteiger partial charge in [-0.15, -0.1) is 10.2 Å². The van der Waals surface area contributed by atoms with Crippen LogP contribution in [-0.2, 0) is 18.4 Å². The maximum Gasteiger partial charge on any atom is 0.230 e. The lowest BCUT2D eigenvalue weighted by molar-refractivity contribution is -0.118. The molecule has 1 aromatic heterocycles. The zero-order valence-corrected chi connectivity index (χ0v) is 14.9. The van der Waals surface area contributed by atoms with Crippen LogP contribution in [0, 0.1) is 5.92 Å². The van der Waals surface area contributed by atoms with Gasteiger partial charge in [-0.2, -0.15) is 0 Å². The van der Waals surface area contributed by atoms with Gasteiger partial charge in [0, 0.05) is 13.6 Å². The molecule has 0 saturated heterocycles. The minimum atomic E-state index is 0.0313. The van der Waals surface area contributed by atoms with Gasteiger partial charge < -0.3 is 14.6 Å². The van der Waals surface area contributed by atoms with Gasteiger partial charge in [-0.25, -0.2) is 0 Å². The Kier molecular flexibility index (Phi) is 5.63. The molecule has 0 aliphatic heterocycles. The highest BCUT2D eigenvalue weighted by atomic mass is 35.5. The number of benzene rings is 1. The van der Waals surface area contributed by atoms with Crippen molar-refractivity contribution in [2.75, 3.05) is 12.3 Å². The Morgan fingerprint density at radius 3 is 2.96 bits per heavy atom. The second kappa shape index (κ2) is 7.90. The van der Waals surface area contributed by atoms with Gasteiger partial charge in [-0.3, -0.25) is 4.79 Å². The van der Waals surface area contributed by atoms with Crippen molar-refractivity contribution in [2.24, 2.45) is 13.0 Å². The van der Waals surface area contributed by atoms with E-state index in [0.29, 0.717) is 33.4 Å². The number of nitrogens with one attached hydrogen (secondary N) is 1. The molecular formula is C16H19ClN4O2S. The number of halogens is 1. The van der Waals surface area contributed by atoms with E-state index >= 15 is 0 Å². The molecule has 2 aromatic rings. The van der Waals surface area contributed by atoms with Gasteiger partial charge in [-0.05, 0) is 30.9 Å². The van der Waals surface area contributed by atoms with Gasteiger partial charge in [0.1, 0.15) is 12.4 Å². The second-order valence-electron chi connectivity index (χ2n) is 5.71. The highest BCUT2D eigenvalue weighted by Crippen LogP contribution is 2.27. The molecule has 1 fully saturated rings. The molecule has 0 unspecified atom stereocenters. The van der Waals surface area contributed by atoms with E-state index in [2.05, 4.69) is 15.5 Å². The first-order valence-electron chi connectivity index (χ1n) is 7.78. The van der Waals surface area contributed by atoms with E-state index in [1.807, 2.05) is 23.7 Å². The summed E-state index contributed by atoms with van der Waals surface area (Å²) in [5.74, 6) is 2.34. The first-order valence-corrected chi connectivity index (χ1v) is 9.15. The van der Waals surface area contributed by atoms with Crippen molar-refractivity contribution in [3.05, 3.63) is 35.1 Å². The summed E-state index contributed by atoms with van der Waals surface area (Å²) >= 11 is 7.43. The van der Waals surface area contributed by atoms with Crippen molar-refractivity contribution < 1.29 is 9.53 Å². The minimum Gasteiger partial charge on any atom is -0.484 e. The molecule has 1 heterocycles. The fraction of sp³-hybridized carbons (Fsp3) is 0.438. The fourth-order valence-corrected chi connectivity index (χ4v) is 3.01. The highest BCUT2D eigenvalue weighted by molar-refractivity contribution is 7.99. The summed E-state index contributed by atoms with van der Waals surface area (Å²) in [6.45, 7) is 1.05. The Balaban J connectivity index is 1.49. The molecule has 1 saturated carbocycles. The van der Waals surface area contributed by atoms with Crippen molar-refractivity contribution >= 4 is 29.3 Å². The lowest BCUT2D eigenvalue weighted by Gasteiger charge is -2.08. The molecular weight excluding hydrogens is 348 g/mol. The van der Waals surface area contributed by atoms with Crippen LogP contribution in [0.4, 0.5) is 0 Å². The van der Waals surface area contributed by atoms with E-state index < -0.39 is 0 Å². The summed E-state index contributed by atoms with van der Waals surface area (Å²) in [6, 6.07) is 7.29. The van der Waals surface area contributed by atoms with Crippen molar-refractivity contribution in [1.82, 2.24) is 20.1 Å². The van der Waals surface area contributed by atoms with Crippen LogP contribution in [0.2, 0.25) is 5.02 Å². The van der Waals surface area contributed by atoms with Crippen LogP contribution >= 0.6 is 23.4 Å². The molecule has 128 valence electrons. The van der Waals surface area contributed by atoms with Gasteiger partial charge >= 0.3 is 0 Å². The minimum absolute atomic E-state index is 0.0313. The third kappa shape index (κ3) is 4.64. The van der Waals surface area contributed by atoms with Gasteiger partial charge in [0.05, 0.1) is 10.8 Å². The molecule has 1 aromatic carbocycles. The number of amides is 1. The number of hydrogen-bond donors (Lipinski definition) is 1. The topological polar surface area (TPSA) is 69.0 Å². The maximum atomic E-state index is 11.8. The summed E-state index contributed by atoms with van der Waals surface area (Å²) in [5.41, 5.74) is 0. The molecule has 0 atom stereocenters. The average molecular weight is 367 g/mol. The monoisotopic (exact) mass is 366 g/mol. The number of nitrogens with zero attached hydrogens (tertiary/aromatic N) is 3. The molecule has 0 radical (unpaired) electrons. The van der Waals surface area contributed by atoms with Gasteiger partial charge in [0.25, 0.3) is 0 Å². The normalized spacial score (nSPS) is 13.8. The number of carbonyl (C=O) groups excluding carboxylic acids is 1. The van der Waals surface area contributed by atoms with Crippen LogP contribution in [0.5, 0.6) is 5.75 Å². The Hall–Kier alpha value is -1.73. The van der Waals surface area contributed by atoms with E-state index in [9.17, 15) is 4.79 Å². The third-order valence-corrected chi connectivity index (χ3v) is 5.07. The predicted molar refractivity (Wildman–Crippen MR) is 93.2 cm³/mol. The first-order chi connectivity index (χ1) is 11.6. The number of thioether (sulfide) groups is 1. The zero-order valence-electron chi connectivity index (χ0n) is 13.4. The first kappa shape index (κ1) is 17.1. The number of ether oxygens (including phenoxy) is 1. The Morgan fingerprint density at radius 2 is 2.21 bits per heavy atom. The van der Waals surface area contributed by atoms with E-state index in [1.165, 1.54) is 24.6 Å². The lowest BCUT2D eigenvalue weighted by Crippen LogP contribution is -2.27. The number of rotatable bonds is 8. The maximum absolute atomic E-state index is 11.8. The summed E-state index contributed by atoms with van der Waals surface area (Å²) in [6.07, 6.45) is 2.46. The van der Waals surface area contributed by atoms with E-state index in [1.54, 1.807) is 12.1 Å². The largest absolute Gasteiger partial charge is 0.484 e. The molecule has 0 bridgehead atoms. The summed E-state index contributed by atoms with van der Waals surface area (Å²) in [7, 11) is 1.86. The third-order valence-electron chi connectivity index (χ3n) is 3.74. The van der Waals surface area contributed by atoms with Crippen molar-refractivity contribution in [3.8, 4) is 5.75 Å². The molecule has 3 rings (SSSR count). The van der Waals surface area contributed by atoms with Crippen molar-refractivity contribution in [1.29, 1.82) is 0 Å². The van der Waals surface area contributed by atoms with Gasteiger partial charge in [-0.1, -0.05) is 35.5 Å². The SMILES string of the molecule is Cn1c(COc2ccccc2Cl)nnc1SCC(=O)NCC1CC1. The average Bonchev–Trinajstić information content (AvgIpc) is 3.34. The number of carbonyl (C=O) groups is 1. The van der Waals surface area contributed by atoms with Crippen LogP contribution in [0.25, 0.3) is 0 Å². The Labute approximate surface area is 149 Å².